The predicted octanol–water partition coefficient (Wildman–Crippen LogP) is 2.30. The quantitative estimate of drug-likeness (QED) is 0.795. The molecule has 0 aromatic heterocycles. The second kappa shape index (κ2) is 5.63. The zero-order valence-electron chi connectivity index (χ0n) is 12.4. The SMILES string of the molecule is CSC1CCCCC1N1C(=O)NC(=O)C2(CCCC2)C1=O. The Morgan fingerprint density at radius 2 is 1.76 bits per heavy atom. The lowest BCUT2D eigenvalue weighted by molar-refractivity contribution is -0.152. The minimum atomic E-state index is -0.964. The van der Waals surface area contributed by atoms with Crippen LogP contribution in [0.25, 0.3) is 0 Å². The highest BCUT2D eigenvalue weighted by atomic mass is 32.2. The van der Waals surface area contributed by atoms with Gasteiger partial charge in [0.15, 0.2) is 0 Å². The summed E-state index contributed by atoms with van der Waals surface area (Å²) in [6, 6.07) is -0.569. The fraction of sp³-hybridized carbons (Fsp3) is 0.800. The minimum absolute atomic E-state index is 0.0631. The van der Waals surface area contributed by atoms with Crippen molar-refractivity contribution in [1.82, 2.24) is 10.2 Å². The molecule has 6 heteroatoms. The number of rotatable bonds is 2. The smallest absolute Gasteiger partial charge is 0.277 e. The van der Waals surface area contributed by atoms with Crippen molar-refractivity contribution in [2.45, 2.75) is 62.7 Å². The molecule has 1 spiro atoms. The molecule has 2 unspecified atom stereocenters. The van der Waals surface area contributed by atoms with E-state index in [2.05, 4.69) is 5.32 Å². The Balaban J connectivity index is 1.91. The van der Waals surface area contributed by atoms with Gasteiger partial charge in [-0.25, -0.2) is 4.79 Å². The number of barbiturate groups is 1. The Morgan fingerprint density at radius 3 is 2.43 bits per heavy atom. The maximum Gasteiger partial charge on any atom is 0.331 e. The summed E-state index contributed by atoms with van der Waals surface area (Å²) in [5.74, 6) is -0.609. The van der Waals surface area contributed by atoms with Gasteiger partial charge in [0.25, 0.3) is 0 Å². The largest absolute Gasteiger partial charge is 0.331 e. The van der Waals surface area contributed by atoms with E-state index in [4.69, 9.17) is 0 Å². The van der Waals surface area contributed by atoms with Crippen LogP contribution in [-0.2, 0) is 9.59 Å². The van der Waals surface area contributed by atoms with Crippen molar-refractivity contribution >= 4 is 29.6 Å². The van der Waals surface area contributed by atoms with Crippen LogP contribution in [0.2, 0.25) is 0 Å². The molecule has 3 fully saturated rings. The van der Waals surface area contributed by atoms with Gasteiger partial charge in [-0.05, 0) is 31.9 Å². The Morgan fingerprint density at radius 1 is 1.10 bits per heavy atom. The molecule has 4 amide bonds. The third-order valence-corrected chi connectivity index (χ3v) is 6.42. The monoisotopic (exact) mass is 310 g/mol. The van der Waals surface area contributed by atoms with Crippen LogP contribution in [0.3, 0.4) is 0 Å². The molecule has 5 nitrogen and oxygen atoms in total. The predicted molar refractivity (Wildman–Crippen MR) is 80.8 cm³/mol. The Labute approximate surface area is 129 Å². The van der Waals surface area contributed by atoms with Crippen molar-refractivity contribution in [3.63, 3.8) is 0 Å². The molecular weight excluding hydrogens is 288 g/mol. The molecule has 1 heterocycles. The summed E-state index contributed by atoms with van der Waals surface area (Å²) in [6.07, 6.45) is 9.05. The van der Waals surface area contributed by atoms with Gasteiger partial charge >= 0.3 is 6.03 Å². The van der Waals surface area contributed by atoms with Crippen molar-refractivity contribution in [3.05, 3.63) is 0 Å². The van der Waals surface area contributed by atoms with Crippen molar-refractivity contribution in [3.8, 4) is 0 Å². The zero-order valence-corrected chi connectivity index (χ0v) is 13.2. The lowest BCUT2D eigenvalue weighted by Gasteiger charge is -2.44. The molecule has 3 rings (SSSR count). The number of thioether (sulfide) groups is 1. The van der Waals surface area contributed by atoms with Gasteiger partial charge in [-0.1, -0.05) is 25.7 Å². The van der Waals surface area contributed by atoms with E-state index >= 15 is 0 Å². The average Bonchev–Trinajstić information content (AvgIpc) is 2.97. The van der Waals surface area contributed by atoms with Gasteiger partial charge < -0.3 is 0 Å². The van der Waals surface area contributed by atoms with Crippen LogP contribution in [-0.4, -0.2) is 40.3 Å². The topological polar surface area (TPSA) is 66.5 Å². The van der Waals surface area contributed by atoms with Crippen molar-refractivity contribution < 1.29 is 14.4 Å². The van der Waals surface area contributed by atoms with E-state index in [1.165, 1.54) is 4.90 Å². The second-order valence-corrected chi connectivity index (χ2v) is 7.43. The van der Waals surface area contributed by atoms with Crippen LogP contribution in [0.1, 0.15) is 51.4 Å². The fourth-order valence-electron chi connectivity index (χ4n) is 4.07. The molecule has 1 saturated heterocycles. The van der Waals surface area contributed by atoms with Crippen LogP contribution >= 0.6 is 11.8 Å². The maximum absolute atomic E-state index is 13.0. The number of nitrogens with zero attached hydrogens (tertiary/aromatic N) is 1. The van der Waals surface area contributed by atoms with Crippen molar-refractivity contribution in [2.75, 3.05) is 6.26 Å². The lowest BCUT2D eigenvalue weighted by atomic mass is 9.80. The minimum Gasteiger partial charge on any atom is -0.277 e. The zero-order chi connectivity index (χ0) is 15.0. The Bertz CT molecular complexity index is 474. The molecule has 2 atom stereocenters. The van der Waals surface area contributed by atoms with Crippen LogP contribution in [0.15, 0.2) is 0 Å². The number of hydrogen-bond donors (Lipinski definition) is 1. The molecule has 21 heavy (non-hydrogen) atoms. The molecule has 2 aliphatic carbocycles. The van der Waals surface area contributed by atoms with Gasteiger partial charge in [-0.2, -0.15) is 11.8 Å². The molecule has 0 bridgehead atoms. The van der Waals surface area contributed by atoms with Crippen LogP contribution in [0.4, 0.5) is 4.79 Å². The number of carbonyl (C=O) groups is 3. The third kappa shape index (κ3) is 2.28. The molecule has 0 aromatic carbocycles. The first-order valence-corrected chi connectivity index (χ1v) is 9.11. The van der Waals surface area contributed by atoms with Crippen LogP contribution in [0, 0.1) is 5.41 Å². The van der Waals surface area contributed by atoms with E-state index in [-0.39, 0.29) is 17.9 Å². The first-order valence-electron chi connectivity index (χ1n) is 7.82. The fourth-order valence-corrected chi connectivity index (χ4v) is 5.04. The lowest BCUT2D eigenvalue weighted by Crippen LogP contribution is -2.67. The average molecular weight is 310 g/mol. The summed E-state index contributed by atoms with van der Waals surface area (Å²) >= 11 is 1.72. The van der Waals surface area contributed by atoms with E-state index < -0.39 is 11.4 Å². The summed E-state index contributed by atoms with van der Waals surface area (Å²) in [7, 11) is 0. The molecule has 1 aliphatic heterocycles. The molecule has 3 aliphatic rings. The molecule has 2 saturated carbocycles. The highest BCUT2D eigenvalue weighted by molar-refractivity contribution is 7.99. The molecule has 0 aromatic rings. The van der Waals surface area contributed by atoms with Crippen molar-refractivity contribution in [1.29, 1.82) is 0 Å². The highest BCUT2D eigenvalue weighted by Crippen LogP contribution is 2.44. The number of hydrogen-bond acceptors (Lipinski definition) is 4. The van der Waals surface area contributed by atoms with Gasteiger partial charge in [0.05, 0.1) is 6.04 Å². The number of amides is 4. The van der Waals surface area contributed by atoms with E-state index in [0.29, 0.717) is 18.1 Å². The maximum atomic E-state index is 13.0. The number of nitrogens with one attached hydrogen (secondary N) is 1. The molecular formula is C15H22N2O3S. The summed E-state index contributed by atoms with van der Waals surface area (Å²) in [6.45, 7) is 0. The van der Waals surface area contributed by atoms with Gasteiger partial charge in [0.2, 0.25) is 11.8 Å². The molecule has 0 radical (unpaired) electrons. The van der Waals surface area contributed by atoms with E-state index in [9.17, 15) is 14.4 Å². The third-order valence-electron chi connectivity index (χ3n) is 5.26. The van der Waals surface area contributed by atoms with Gasteiger partial charge in [0, 0.05) is 5.25 Å². The Kier molecular flexibility index (Phi) is 3.99. The van der Waals surface area contributed by atoms with Gasteiger partial charge in [0.1, 0.15) is 5.41 Å². The summed E-state index contributed by atoms with van der Waals surface area (Å²) < 4.78 is 0. The summed E-state index contributed by atoms with van der Waals surface area (Å²) in [4.78, 5) is 38.9. The summed E-state index contributed by atoms with van der Waals surface area (Å²) in [5.41, 5.74) is -0.964. The van der Waals surface area contributed by atoms with E-state index in [1.807, 2.05) is 6.26 Å². The highest BCUT2D eigenvalue weighted by Gasteiger charge is 2.57. The Hall–Kier alpha value is -1.04. The van der Waals surface area contributed by atoms with Crippen LogP contribution < -0.4 is 5.32 Å². The van der Waals surface area contributed by atoms with Gasteiger partial charge in [-0.15, -0.1) is 0 Å². The van der Waals surface area contributed by atoms with Crippen LogP contribution in [0.5, 0.6) is 0 Å². The number of carbonyl (C=O) groups excluding carboxylic acids is 3. The van der Waals surface area contributed by atoms with Gasteiger partial charge in [-0.3, -0.25) is 19.8 Å². The number of urea groups is 1. The van der Waals surface area contributed by atoms with Crippen molar-refractivity contribution in [2.24, 2.45) is 5.41 Å². The first-order chi connectivity index (χ1) is 10.1. The normalized spacial score (nSPS) is 32.6. The van der Waals surface area contributed by atoms with E-state index in [0.717, 1.165) is 38.5 Å². The van der Waals surface area contributed by atoms with E-state index in [1.54, 1.807) is 11.8 Å². The summed E-state index contributed by atoms with van der Waals surface area (Å²) in [5, 5.41) is 2.74. The standard InChI is InChI=1S/C15H22N2O3S/c1-21-11-7-3-2-6-10(11)17-13(19)15(8-4-5-9-15)12(18)16-14(17)20/h10-11H,2-9H2,1H3,(H,16,18,20). The molecule has 1 N–H and O–H groups in total. The first kappa shape index (κ1) is 14.9. The molecule has 116 valence electrons. The second-order valence-electron chi connectivity index (χ2n) is 6.35. The number of imide groups is 2.